The number of hydrogen-bond donors (Lipinski definition) is 0. The molecule has 2 nitrogen and oxygen atoms in total. The third kappa shape index (κ3) is 0.845. The third-order valence-electron chi connectivity index (χ3n) is 1.01. The van der Waals surface area contributed by atoms with Gasteiger partial charge in [0.2, 0.25) is 0 Å². The molecular formula is C4H5BN2. The van der Waals surface area contributed by atoms with Gasteiger partial charge in [-0.25, -0.2) is 0 Å². The zero-order valence-corrected chi connectivity index (χ0v) is 3.96. The summed E-state index contributed by atoms with van der Waals surface area (Å²) in [6.45, 7) is 2.00. The Hall–Kier alpha value is -0.685. The fourth-order valence-electron chi connectivity index (χ4n) is 0.617. The Kier molecular flexibility index (Phi) is 1.18. The van der Waals surface area contributed by atoms with Gasteiger partial charge in [-0.3, -0.25) is 0 Å². The van der Waals surface area contributed by atoms with Crippen LogP contribution in [0.5, 0.6) is 0 Å². The van der Waals surface area contributed by atoms with Crippen molar-refractivity contribution in [3.05, 3.63) is 5.53 Å². The first-order valence-electron chi connectivity index (χ1n) is 2.31. The molecule has 3 heteroatoms. The van der Waals surface area contributed by atoms with E-state index in [1.54, 1.807) is 0 Å². The van der Waals surface area contributed by atoms with Crippen LogP contribution in [0.1, 0.15) is 6.42 Å². The Morgan fingerprint density at radius 2 is 2.71 bits per heavy atom. The number of hydrogen-bond acceptors (Lipinski definition) is 0. The summed E-state index contributed by atoms with van der Waals surface area (Å²) in [5.41, 5.74) is 8.89. The van der Waals surface area contributed by atoms with Crippen LogP contribution < -0.4 is 0 Å². The summed E-state index contributed by atoms with van der Waals surface area (Å²) in [5, 5.41) is 0. The van der Waals surface area contributed by atoms with E-state index in [1.165, 1.54) is 0 Å². The van der Waals surface area contributed by atoms with Crippen molar-refractivity contribution < 1.29 is 4.79 Å². The van der Waals surface area contributed by atoms with Crippen molar-refractivity contribution in [2.24, 2.45) is 0 Å². The van der Waals surface area contributed by atoms with Crippen molar-refractivity contribution in [1.82, 2.24) is 0 Å². The van der Waals surface area contributed by atoms with E-state index in [2.05, 4.69) is 4.79 Å². The number of nitrogens with zero attached hydrogens (tertiary/aromatic N) is 2. The molecule has 1 rings (SSSR count). The van der Waals surface area contributed by atoms with Gasteiger partial charge >= 0.3 is 41.7 Å². The van der Waals surface area contributed by atoms with Gasteiger partial charge in [0.1, 0.15) is 0 Å². The zero-order chi connectivity index (χ0) is 5.11. The molecule has 0 saturated carbocycles. The molecule has 0 fully saturated rings. The van der Waals surface area contributed by atoms with Gasteiger partial charge in [0.25, 0.3) is 0 Å². The molecule has 1 heterocycles. The molecule has 0 aromatic heterocycles. The van der Waals surface area contributed by atoms with E-state index in [-0.39, 0.29) is 0 Å². The van der Waals surface area contributed by atoms with Crippen LogP contribution in [0.4, 0.5) is 0 Å². The van der Waals surface area contributed by atoms with Crippen LogP contribution >= 0.6 is 0 Å². The van der Waals surface area contributed by atoms with Crippen molar-refractivity contribution in [1.29, 1.82) is 0 Å². The Balaban J connectivity index is 2.77. The normalized spacial score (nSPS) is 16.3. The second-order valence-electron chi connectivity index (χ2n) is 1.53. The predicted molar refractivity (Wildman–Crippen MR) is 29.9 cm³/mol. The standard InChI is InChI=1S/C4H5BN2/c6-7-4-1-2-5-3-4/h3H,1-2H2. The van der Waals surface area contributed by atoms with Crippen LogP contribution in [0.2, 0.25) is 6.32 Å². The van der Waals surface area contributed by atoms with Crippen molar-refractivity contribution >= 4 is 18.6 Å². The third-order valence-corrected chi connectivity index (χ3v) is 1.01. The SMILES string of the molecule is [N-]=[N+]=C1C=BCC1. The van der Waals surface area contributed by atoms with Crippen LogP contribution in [0.25, 0.3) is 5.53 Å². The van der Waals surface area contributed by atoms with Crippen molar-refractivity contribution in [2.75, 3.05) is 0 Å². The monoisotopic (exact) mass is 92.1 g/mol. The molecule has 1 aliphatic rings. The molecule has 34 valence electrons. The maximum atomic E-state index is 8.10. The van der Waals surface area contributed by atoms with Crippen LogP contribution in [0.3, 0.4) is 0 Å². The van der Waals surface area contributed by atoms with E-state index in [0.29, 0.717) is 0 Å². The van der Waals surface area contributed by atoms with E-state index in [4.69, 9.17) is 5.53 Å². The van der Waals surface area contributed by atoms with Gasteiger partial charge in [-0.15, -0.1) is 0 Å². The Labute approximate surface area is 42.7 Å². The minimum atomic E-state index is 0.792. The van der Waals surface area contributed by atoms with E-state index in [0.717, 1.165) is 18.5 Å². The molecule has 0 radical (unpaired) electrons. The van der Waals surface area contributed by atoms with E-state index in [1.807, 2.05) is 12.9 Å². The van der Waals surface area contributed by atoms with E-state index >= 15 is 0 Å². The molecule has 0 spiro atoms. The first-order valence-corrected chi connectivity index (χ1v) is 2.31. The van der Waals surface area contributed by atoms with Gasteiger partial charge < -0.3 is 0 Å². The van der Waals surface area contributed by atoms with Gasteiger partial charge in [-0.2, -0.15) is 0 Å². The van der Waals surface area contributed by atoms with Gasteiger partial charge in [0, 0.05) is 0 Å². The summed E-state index contributed by atoms with van der Waals surface area (Å²) >= 11 is 0. The molecule has 0 N–H and O–H groups in total. The van der Waals surface area contributed by atoms with Crippen LogP contribution in [0.15, 0.2) is 0 Å². The molecule has 0 aromatic rings. The van der Waals surface area contributed by atoms with Gasteiger partial charge in [-0.1, -0.05) is 0 Å². The summed E-state index contributed by atoms with van der Waals surface area (Å²) in [6.07, 6.45) is 1.93. The predicted octanol–water partition coefficient (Wildman–Crippen LogP) is -0.0144. The zero-order valence-electron chi connectivity index (χ0n) is 3.96. The molecule has 7 heavy (non-hydrogen) atoms. The van der Waals surface area contributed by atoms with Crippen LogP contribution in [-0.4, -0.2) is 23.4 Å². The molecule has 0 saturated heterocycles. The second-order valence-corrected chi connectivity index (χ2v) is 1.53. The summed E-state index contributed by atoms with van der Waals surface area (Å²) < 4.78 is 0. The number of rotatable bonds is 0. The summed E-state index contributed by atoms with van der Waals surface area (Å²) in [6, 6.07) is 0. The average Bonchev–Trinajstić information content (AvgIpc) is 2.14. The maximum absolute atomic E-state index is 8.10. The molecule has 0 unspecified atom stereocenters. The topological polar surface area (TPSA) is 36.4 Å². The first kappa shape index (κ1) is 4.47. The van der Waals surface area contributed by atoms with Crippen molar-refractivity contribution in [2.45, 2.75) is 12.7 Å². The van der Waals surface area contributed by atoms with E-state index in [9.17, 15) is 0 Å². The summed E-state index contributed by atoms with van der Waals surface area (Å²) in [4.78, 5) is 3.02. The summed E-state index contributed by atoms with van der Waals surface area (Å²) in [5.74, 6) is 1.83. The Morgan fingerprint density at radius 1 is 1.86 bits per heavy atom. The van der Waals surface area contributed by atoms with Crippen LogP contribution in [0, 0.1) is 0 Å². The van der Waals surface area contributed by atoms with E-state index < -0.39 is 0 Å². The van der Waals surface area contributed by atoms with Gasteiger partial charge in [-0.05, 0) is 0 Å². The molecule has 1 aliphatic heterocycles. The molecule has 0 aromatic carbocycles. The van der Waals surface area contributed by atoms with Gasteiger partial charge in [0.15, 0.2) is 0 Å². The average molecular weight is 91.9 g/mol. The molecule has 0 atom stereocenters. The van der Waals surface area contributed by atoms with Crippen LogP contribution in [-0.2, 0) is 0 Å². The quantitative estimate of drug-likeness (QED) is 0.229. The molecule has 0 bridgehead atoms. The minimum absolute atomic E-state index is 0.792. The second kappa shape index (κ2) is 1.85. The van der Waals surface area contributed by atoms with Gasteiger partial charge in [0.05, 0.1) is 0 Å². The molecule has 0 aliphatic carbocycles. The fraction of sp³-hybridized carbons (Fsp3) is 0.500. The summed E-state index contributed by atoms with van der Waals surface area (Å²) in [7, 11) is 0. The van der Waals surface area contributed by atoms with Crippen molar-refractivity contribution in [3.8, 4) is 0 Å². The molecule has 0 amide bonds. The Morgan fingerprint density at radius 3 is 3.00 bits per heavy atom. The van der Waals surface area contributed by atoms with Crippen molar-refractivity contribution in [3.63, 3.8) is 0 Å². The Bertz CT molecular complexity index is 144. The first-order chi connectivity index (χ1) is 3.43. The fourth-order valence-corrected chi connectivity index (χ4v) is 0.617. The molecular weight excluding hydrogens is 86.9 g/mol.